The summed E-state index contributed by atoms with van der Waals surface area (Å²) in [5.41, 5.74) is 3.67. The molecule has 134 valence electrons. The number of benzene rings is 2. The molecule has 9 nitrogen and oxygen atoms in total. The number of pyridine rings is 1. The number of nitrogens with zero attached hydrogens (tertiary/aromatic N) is 4. The van der Waals surface area contributed by atoms with Gasteiger partial charge < -0.3 is 0 Å². The van der Waals surface area contributed by atoms with E-state index in [1.165, 1.54) is 12.1 Å². The van der Waals surface area contributed by atoms with Crippen LogP contribution in [0.15, 0.2) is 78.0 Å². The van der Waals surface area contributed by atoms with Crippen molar-refractivity contribution in [2.75, 3.05) is 5.43 Å². The van der Waals surface area contributed by atoms with Crippen molar-refractivity contribution in [3.8, 4) is 0 Å². The number of nitrogens with one attached hydrogen (secondary N) is 1. The summed E-state index contributed by atoms with van der Waals surface area (Å²) in [6.45, 7) is 0. The lowest BCUT2D eigenvalue weighted by atomic mass is 10.1. The molecular weight excluding hydrogens is 350 g/mol. The lowest BCUT2D eigenvalue weighted by molar-refractivity contribution is -0.393. The Morgan fingerprint density at radius 2 is 1.67 bits per heavy atom. The monoisotopic (exact) mass is 363 g/mol. The topological polar surface area (TPSA) is 124 Å². The number of nitro groups is 2. The minimum Gasteiger partial charge on any atom is -0.271 e. The lowest BCUT2D eigenvalue weighted by Crippen LogP contribution is -2.09. The Bertz CT molecular complexity index is 965. The van der Waals surface area contributed by atoms with Gasteiger partial charge in [-0.05, 0) is 18.2 Å². The van der Waals surface area contributed by atoms with E-state index in [0.717, 1.165) is 11.6 Å². The second-order valence-corrected chi connectivity index (χ2v) is 5.37. The van der Waals surface area contributed by atoms with Crippen molar-refractivity contribution in [2.45, 2.75) is 0 Å². The molecule has 0 aliphatic heterocycles. The normalized spacial score (nSPS) is 11.0. The Morgan fingerprint density at radius 3 is 2.30 bits per heavy atom. The predicted molar refractivity (Wildman–Crippen MR) is 99.7 cm³/mol. The van der Waals surface area contributed by atoms with Gasteiger partial charge in [0.2, 0.25) is 0 Å². The maximum Gasteiger partial charge on any atom is 0.301 e. The molecule has 0 saturated carbocycles. The summed E-state index contributed by atoms with van der Waals surface area (Å²) in [7, 11) is 0. The van der Waals surface area contributed by atoms with Crippen molar-refractivity contribution in [1.82, 2.24) is 4.98 Å². The Balaban J connectivity index is 2.03. The zero-order chi connectivity index (χ0) is 19.2. The van der Waals surface area contributed by atoms with Gasteiger partial charge in [0.15, 0.2) is 0 Å². The van der Waals surface area contributed by atoms with Gasteiger partial charge in [0.1, 0.15) is 11.4 Å². The average Bonchev–Trinajstić information content (AvgIpc) is 2.69. The molecule has 0 aliphatic rings. The maximum atomic E-state index is 11.3. The highest BCUT2D eigenvalue weighted by atomic mass is 16.6. The summed E-state index contributed by atoms with van der Waals surface area (Å²) >= 11 is 0. The van der Waals surface area contributed by atoms with Gasteiger partial charge in [-0.1, -0.05) is 36.4 Å². The second kappa shape index (κ2) is 7.83. The fourth-order valence-electron chi connectivity index (χ4n) is 2.36. The van der Waals surface area contributed by atoms with Crippen LogP contribution in [0.4, 0.5) is 17.1 Å². The third-order valence-electron chi connectivity index (χ3n) is 3.63. The smallest absolute Gasteiger partial charge is 0.271 e. The van der Waals surface area contributed by atoms with E-state index in [1.807, 2.05) is 30.3 Å². The van der Waals surface area contributed by atoms with Crippen molar-refractivity contribution in [3.63, 3.8) is 0 Å². The first-order valence-corrected chi connectivity index (χ1v) is 7.79. The van der Waals surface area contributed by atoms with Crippen LogP contribution >= 0.6 is 0 Å². The number of anilines is 1. The lowest BCUT2D eigenvalue weighted by Gasteiger charge is -2.08. The molecule has 0 aliphatic carbocycles. The number of rotatable bonds is 6. The zero-order valence-corrected chi connectivity index (χ0v) is 13.9. The Kier molecular flexibility index (Phi) is 5.12. The maximum absolute atomic E-state index is 11.3. The van der Waals surface area contributed by atoms with Crippen LogP contribution in [-0.4, -0.2) is 20.5 Å². The van der Waals surface area contributed by atoms with Crippen LogP contribution in [0.25, 0.3) is 0 Å². The molecule has 3 rings (SSSR count). The molecular formula is C18H13N5O4. The largest absolute Gasteiger partial charge is 0.301 e. The summed E-state index contributed by atoms with van der Waals surface area (Å²) in [6, 6.07) is 17.8. The van der Waals surface area contributed by atoms with Gasteiger partial charge in [-0.25, -0.2) is 0 Å². The Labute approximate surface area is 153 Å². The van der Waals surface area contributed by atoms with Gasteiger partial charge >= 0.3 is 5.69 Å². The highest BCUT2D eigenvalue weighted by Gasteiger charge is 2.19. The third kappa shape index (κ3) is 4.10. The molecule has 0 unspecified atom stereocenters. The van der Waals surface area contributed by atoms with Crippen LogP contribution in [0.5, 0.6) is 0 Å². The molecule has 0 atom stereocenters. The fraction of sp³-hybridized carbons (Fsp3) is 0. The van der Waals surface area contributed by atoms with Crippen LogP contribution in [0.1, 0.15) is 11.3 Å². The van der Waals surface area contributed by atoms with Gasteiger partial charge in [-0.3, -0.25) is 30.6 Å². The number of hydrogen-bond donors (Lipinski definition) is 1. The number of nitro benzene ring substituents is 2. The van der Waals surface area contributed by atoms with Crippen LogP contribution in [0.2, 0.25) is 0 Å². The molecule has 1 N–H and O–H groups in total. The van der Waals surface area contributed by atoms with Crippen LogP contribution in [-0.2, 0) is 0 Å². The molecule has 0 spiro atoms. The summed E-state index contributed by atoms with van der Waals surface area (Å²) in [6.07, 6.45) is 1.61. The van der Waals surface area contributed by atoms with Crippen molar-refractivity contribution in [3.05, 3.63) is 104 Å². The van der Waals surface area contributed by atoms with Crippen LogP contribution < -0.4 is 5.43 Å². The van der Waals surface area contributed by atoms with E-state index in [2.05, 4.69) is 15.5 Å². The first-order valence-electron chi connectivity index (χ1n) is 7.79. The first-order chi connectivity index (χ1) is 13.1. The van der Waals surface area contributed by atoms with Crippen molar-refractivity contribution in [2.24, 2.45) is 5.10 Å². The zero-order valence-electron chi connectivity index (χ0n) is 13.9. The summed E-state index contributed by atoms with van der Waals surface area (Å²) in [5.74, 6) is 0. The molecule has 1 heterocycles. The molecule has 9 heteroatoms. The molecule has 2 aromatic carbocycles. The van der Waals surface area contributed by atoms with Gasteiger partial charge in [0.05, 0.1) is 21.6 Å². The third-order valence-corrected chi connectivity index (χ3v) is 3.63. The van der Waals surface area contributed by atoms with Crippen molar-refractivity contribution >= 4 is 22.8 Å². The molecule has 0 saturated heterocycles. The predicted octanol–water partition coefficient (Wildman–Crippen LogP) is 3.76. The minimum atomic E-state index is -0.701. The average molecular weight is 363 g/mol. The van der Waals surface area contributed by atoms with E-state index in [0.29, 0.717) is 11.4 Å². The first kappa shape index (κ1) is 17.7. The molecule has 3 aromatic rings. The van der Waals surface area contributed by atoms with Gasteiger partial charge in [0.25, 0.3) is 5.69 Å². The van der Waals surface area contributed by atoms with E-state index in [9.17, 15) is 20.2 Å². The van der Waals surface area contributed by atoms with E-state index in [1.54, 1.807) is 24.4 Å². The highest BCUT2D eigenvalue weighted by Crippen LogP contribution is 2.29. The van der Waals surface area contributed by atoms with E-state index in [4.69, 9.17) is 0 Å². The molecule has 27 heavy (non-hydrogen) atoms. The van der Waals surface area contributed by atoms with Gasteiger partial charge in [-0.15, -0.1) is 0 Å². The van der Waals surface area contributed by atoms with E-state index < -0.39 is 15.5 Å². The number of non-ortho nitro benzene ring substituents is 1. The fourth-order valence-corrected chi connectivity index (χ4v) is 2.36. The summed E-state index contributed by atoms with van der Waals surface area (Å²) in [5, 5.41) is 26.4. The minimum absolute atomic E-state index is 0.0370. The molecule has 0 fully saturated rings. The summed E-state index contributed by atoms with van der Waals surface area (Å²) in [4.78, 5) is 25.0. The standard InChI is InChI=1S/C18H13N5O4/c24-22(25)14-9-10-15(17(12-14)23(26)27)20-21-18(13-6-2-1-3-7-13)16-8-4-5-11-19-16/h1-12,20H/b21-18-. The van der Waals surface area contributed by atoms with Crippen molar-refractivity contribution in [1.29, 1.82) is 0 Å². The number of hydrogen-bond acceptors (Lipinski definition) is 7. The quantitative estimate of drug-likeness (QED) is 0.404. The summed E-state index contributed by atoms with van der Waals surface area (Å²) < 4.78 is 0. The molecule has 1 aromatic heterocycles. The SMILES string of the molecule is O=[N+]([O-])c1ccc(N/N=C(/c2ccccc2)c2ccccn2)c([N+](=O)[O-])c1. The van der Waals surface area contributed by atoms with Gasteiger partial charge in [-0.2, -0.15) is 5.10 Å². The van der Waals surface area contributed by atoms with Crippen molar-refractivity contribution < 1.29 is 9.85 Å². The van der Waals surface area contributed by atoms with E-state index >= 15 is 0 Å². The molecule has 0 radical (unpaired) electrons. The Hall–Kier alpha value is -4.14. The number of hydrazone groups is 1. The van der Waals surface area contributed by atoms with Gasteiger partial charge in [0, 0.05) is 17.8 Å². The highest BCUT2D eigenvalue weighted by molar-refractivity contribution is 6.11. The second-order valence-electron chi connectivity index (χ2n) is 5.37. The van der Waals surface area contributed by atoms with E-state index in [-0.39, 0.29) is 11.4 Å². The van der Waals surface area contributed by atoms with Crippen LogP contribution in [0.3, 0.4) is 0 Å². The molecule has 0 amide bonds. The Morgan fingerprint density at radius 1 is 0.926 bits per heavy atom. The molecule has 0 bridgehead atoms. The van der Waals surface area contributed by atoms with Crippen LogP contribution in [0, 0.1) is 20.2 Å². The number of aromatic nitrogens is 1.